The van der Waals surface area contributed by atoms with Crippen LogP contribution in [-0.2, 0) is 6.42 Å². The molecule has 1 aromatic carbocycles. The van der Waals surface area contributed by atoms with Gasteiger partial charge in [-0.1, -0.05) is 35.5 Å². The maximum atomic E-state index is 6.16. The molecule has 2 N–H and O–H groups in total. The SMILES string of the molecule is NC(CCc1nc(-c2ccsc2)no1)c1ccccc1. The Hall–Kier alpha value is -1.98. The van der Waals surface area contributed by atoms with Crippen molar-refractivity contribution in [3.8, 4) is 11.4 Å². The van der Waals surface area contributed by atoms with Crippen molar-refractivity contribution in [1.82, 2.24) is 10.1 Å². The summed E-state index contributed by atoms with van der Waals surface area (Å²) in [5.41, 5.74) is 8.28. The number of hydrogen-bond acceptors (Lipinski definition) is 5. The van der Waals surface area contributed by atoms with Crippen molar-refractivity contribution in [1.29, 1.82) is 0 Å². The fraction of sp³-hybridized carbons (Fsp3) is 0.200. The van der Waals surface area contributed by atoms with Gasteiger partial charge in [0.2, 0.25) is 11.7 Å². The van der Waals surface area contributed by atoms with Crippen molar-refractivity contribution in [3.05, 3.63) is 58.6 Å². The molecule has 0 aliphatic carbocycles. The molecule has 20 heavy (non-hydrogen) atoms. The fourth-order valence-electron chi connectivity index (χ4n) is 2.01. The van der Waals surface area contributed by atoms with Crippen LogP contribution in [0, 0.1) is 0 Å². The molecule has 5 heteroatoms. The summed E-state index contributed by atoms with van der Waals surface area (Å²) in [4.78, 5) is 4.39. The molecule has 0 aliphatic rings. The highest BCUT2D eigenvalue weighted by Crippen LogP contribution is 2.20. The molecule has 1 unspecified atom stereocenters. The van der Waals surface area contributed by atoms with Crippen molar-refractivity contribution in [2.24, 2.45) is 5.73 Å². The van der Waals surface area contributed by atoms with E-state index in [2.05, 4.69) is 10.1 Å². The molecule has 0 saturated carbocycles. The summed E-state index contributed by atoms with van der Waals surface area (Å²) < 4.78 is 5.26. The minimum Gasteiger partial charge on any atom is -0.339 e. The van der Waals surface area contributed by atoms with Gasteiger partial charge >= 0.3 is 0 Å². The summed E-state index contributed by atoms with van der Waals surface area (Å²) >= 11 is 1.62. The van der Waals surface area contributed by atoms with E-state index in [0.717, 1.165) is 17.5 Å². The third-order valence-electron chi connectivity index (χ3n) is 3.14. The number of rotatable bonds is 5. The van der Waals surface area contributed by atoms with Crippen LogP contribution in [0.3, 0.4) is 0 Å². The van der Waals surface area contributed by atoms with Crippen LogP contribution in [0.15, 0.2) is 51.7 Å². The summed E-state index contributed by atoms with van der Waals surface area (Å²) in [5.74, 6) is 1.28. The van der Waals surface area contributed by atoms with Crippen LogP contribution < -0.4 is 5.73 Å². The Morgan fingerprint density at radius 3 is 2.80 bits per heavy atom. The van der Waals surface area contributed by atoms with E-state index in [1.807, 2.05) is 47.2 Å². The van der Waals surface area contributed by atoms with Gasteiger partial charge in [0.1, 0.15) is 0 Å². The molecular formula is C15H15N3OS. The lowest BCUT2D eigenvalue weighted by molar-refractivity contribution is 0.372. The van der Waals surface area contributed by atoms with E-state index in [9.17, 15) is 0 Å². The second-order valence-corrected chi connectivity index (χ2v) is 5.36. The number of aromatic nitrogens is 2. The first kappa shape index (κ1) is 13.0. The van der Waals surface area contributed by atoms with E-state index < -0.39 is 0 Å². The first-order valence-electron chi connectivity index (χ1n) is 6.48. The lowest BCUT2D eigenvalue weighted by atomic mass is 10.0. The molecule has 3 aromatic rings. The first-order chi connectivity index (χ1) is 9.83. The van der Waals surface area contributed by atoms with Gasteiger partial charge in [0.05, 0.1) is 0 Å². The molecule has 0 saturated heterocycles. The molecule has 0 aliphatic heterocycles. The number of thiophene rings is 1. The number of hydrogen-bond donors (Lipinski definition) is 1. The van der Waals surface area contributed by atoms with Crippen molar-refractivity contribution in [2.75, 3.05) is 0 Å². The lowest BCUT2D eigenvalue weighted by Crippen LogP contribution is -2.11. The molecule has 1 atom stereocenters. The number of nitrogens with two attached hydrogens (primary N) is 1. The summed E-state index contributed by atoms with van der Waals surface area (Å²) in [7, 11) is 0. The van der Waals surface area contributed by atoms with Gasteiger partial charge in [-0.25, -0.2) is 0 Å². The molecule has 2 heterocycles. The predicted molar refractivity (Wildman–Crippen MR) is 79.3 cm³/mol. The average Bonchev–Trinajstić information content (AvgIpc) is 3.16. The van der Waals surface area contributed by atoms with Gasteiger partial charge in [-0.3, -0.25) is 0 Å². The third kappa shape index (κ3) is 2.95. The van der Waals surface area contributed by atoms with Gasteiger partial charge in [-0.05, 0) is 23.4 Å². The number of nitrogens with zero attached hydrogens (tertiary/aromatic N) is 2. The van der Waals surface area contributed by atoms with Crippen molar-refractivity contribution in [3.63, 3.8) is 0 Å². The largest absolute Gasteiger partial charge is 0.339 e. The number of benzene rings is 1. The van der Waals surface area contributed by atoms with Crippen LogP contribution in [0.4, 0.5) is 0 Å². The van der Waals surface area contributed by atoms with Gasteiger partial charge < -0.3 is 10.3 Å². The van der Waals surface area contributed by atoms with E-state index in [1.165, 1.54) is 0 Å². The standard InChI is InChI=1S/C15H15N3OS/c16-13(11-4-2-1-3-5-11)6-7-14-17-15(18-19-14)12-8-9-20-10-12/h1-5,8-10,13H,6-7,16H2. The van der Waals surface area contributed by atoms with Crippen LogP contribution in [0.1, 0.15) is 23.9 Å². The minimum atomic E-state index is -0.00676. The molecule has 0 spiro atoms. The average molecular weight is 285 g/mol. The van der Waals surface area contributed by atoms with Crippen molar-refractivity contribution in [2.45, 2.75) is 18.9 Å². The van der Waals surface area contributed by atoms with E-state index in [1.54, 1.807) is 11.3 Å². The molecule has 0 bridgehead atoms. The normalized spacial score (nSPS) is 12.4. The highest BCUT2D eigenvalue weighted by Gasteiger charge is 2.11. The van der Waals surface area contributed by atoms with Gasteiger partial charge in [0, 0.05) is 23.4 Å². The maximum absolute atomic E-state index is 6.16. The number of aryl methyl sites for hydroxylation is 1. The summed E-state index contributed by atoms with van der Waals surface area (Å²) in [6.45, 7) is 0. The molecule has 0 radical (unpaired) electrons. The Morgan fingerprint density at radius 2 is 2.05 bits per heavy atom. The highest BCUT2D eigenvalue weighted by atomic mass is 32.1. The van der Waals surface area contributed by atoms with E-state index >= 15 is 0 Å². The summed E-state index contributed by atoms with van der Waals surface area (Å²) in [6.07, 6.45) is 1.47. The lowest BCUT2D eigenvalue weighted by Gasteiger charge is -2.09. The molecule has 0 amide bonds. The van der Waals surface area contributed by atoms with Crippen molar-refractivity contribution < 1.29 is 4.52 Å². The summed E-state index contributed by atoms with van der Waals surface area (Å²) in [6, 6.07) is 12.0. The topological polar surface area (TPSA) is 64.9 Å². The zero-order valence-corrected chi connectivity index (χ0v) is 11.7. The van der Waals surface area contributed by atoms with E-state index in [-0.39, 0.29) is 6.04 Å². The maximum Gasteiger partial charge on any atom is 0.227 e. The van der Waals surface area contributed by atoms with Crippen LogP contribution in [-0.4, -0.2) is 10.1 Å². The van der Waals surface area contributed by atoms with Crippen LogP contribution in [0.5, 0.6) is 0 Å². The smallest absolute Gasteiger partial charge is 0.227 e. The van der Waals surface area contributed by atoms with Crippen LogP contribution >= 0.6 is 11.3 Å². The second kappa shape index (κ2) is 5.98. The van der Waals surface area contributed by atoms with E-state index in [4.69, 9.17) is 10.3 Å². The molecular weight excluding hydrogens is 270 g/mol. The van der Waals surface area contributed by atoms with Crippen molar-refractivity contribution >= 4 is 11.3 Å². The Kier molecular flexibility index (Phi) is 3.90. The predicted octanol–water partition coefficient (Wildman–Crippen LogP) is 3.43. The Morgan fingerprint density at radius 1 is 1.20 bits per heavy atom. The zero-order chi connectivity index (χ0) is 13.8. The van der Waals surface area contributed by atoms with E-state index in [0.29, 0.717) is 18.1 Å². The van der Waals surface area contributed by atoms with Gasteiger partial charge in [0.25, 0.3) is 0 Å². The monoisotopic (exact) mass is 285 g/mol. The molecule has 3 rings (SSSR count). The third-order valence-corrected chi connectivity index (χ3v) is 3.83. The first-order valence-corrected chi connectivity index (χ1v) is 7.43. The Balaban J connectivity index is 1.62. The Labute approximate surface area is 121 Å². The molecule has 2 aromatic heterocycles. The van der Waals surface area contributed by atoms with Gasteiger partial charge in [-0.15, -0.1) is 0 Å². The summed E-state index contributed by atoms with van der Waals surface area (Å²) in [5, 5.41) is 7.99. The van der Waals surface area contributed by atoms with Gasteiger partial charge in [0.15, 0.2) is 0 Å². The molecule has 102 valence electrons. The highest BCUT2D eigenvalue weighted by molar-refractivity contribution is 7.08. The zero-order valence-electron chi connectivity index (χ0n) is 10.9. The molecule has 0 fully saturated rings. The molecule has 4 nitrogen and oxygen atoms in total. The van der Waals surface area contributed by atoms with Crippen LogP contribution in [0.2, 0.25) is 0 Å². The Bertz CT molecular complexity index is 649. The second-order valence-electron chi connectivity index (χ2n) is 4.58. The van der Waals surface area contributed by atoms with Crippen LogP contribution in [0.25, 0.3) is 11.4 Å². The van der Waals surface area contributed by atoms with Gasteiger partial charge in [-0.2, -0.15) is 16.3 Å². The fourth-order valence-corrected chi connectivity index (χ4v) is 2.65. The quantitative estimate of drug-likeness (QED) is 0.780. The minimum absolute atomic E-state index is 0.00676.